The fourth-order valence-electron chi connectivity index (χ4n) is 2.36. The highest BCUT2D eigenvalue weighted by Gasteiger charge is 2.08. The van der Waals surface area contributed by atoms with Crippen molar-refractivity contribution in [2.45, 2.75) is 18.6 Å². The molecule has 0 amide bonds. The molecule has 0 saturated carbocycles. The summed E-state index contributed by atoms with van der Waals surface area (Å²) in [4.78, 5) is 16.5. The largest absolute Gasteiger partial charge is 0.460 e. The van der Waals surface area contributed by atoms with Crippen molar-refractivity contribution in [2.24, 2.45) is 0 Å². The Bertz CT molecular complexity index is 882. The summed E-state index contributed by atoms with van der Waals surface area (Å²) in [5.41, 5.74) is 2.96. The smallest absolute Gasteiger partial charge is 0.316 e. The Hall–Kier alpha value is -2.04. The van der Waals surface area contributed by atoms with Crippen LogP contribution in [0.25, 0.3) is 10.9 Å². The van der Waals surface area contributed by atoms with Gasteiger partial charge in [-0.2, -0.15) is 0 Å². The first-order valence-corrected chi connectivity index (χ1v) is 8.87. The number of esters is 1. The highest BCUT2D eigenvalue weighted by Crippen LogP contribution is 2.23. The summed E-state index contributed by atoms with van der Waals surface area (Å²) in [5, 5.41) is 2.59. The van der Waals surface area contributed by atoms with E-state index in [1.54, 1.807) is 12.1 Å². The maximum Gasteiger partial charge on any atom is 0.316 e. The molecule has 0 unspecified atom stereocenters. The van der Waals surface area contributed by atoms with Gasteiger partial charge in [0, 0.05) is 10.4 Å². The Balaban J connectivity index is 1.58. The number of carbonyl (C=O) groups is 1. The van der Waals surface area contributed by atoms with Crippen molar-refractivity contribution in [1.29, 1.82) is 0 Å². The third-order valence-corrected chi connectivity index (χ3v) is 4.65. The fraction of sp³-hybridized carbons (Fsp3) is 0.158. The molecule has 0 aliphatic carbocycles. The molecule has 5 heteroatoms. The molecule has 0 atom stereocenters. The first-order valence-electron chi connectivity index (χ1n) is 7.51. The summed E-state index contributed by atoms with van der Waals surface area (Å²) in [6, 6.07) is 17.3. The summed E-state index contributed by atoms with van der Waals surface area (Å²) in [5.74, 6) is -0.0432. The van der Waals surface area contributed by atoms with Gasteiger partial charge in [-0.15, -0.1) is 0 Å². The minimum absolute atomic E-state index is 0.226. The Morgan fingerprint density at radius 2 is 2.00 bits per heavy atom. The average Bonchev–Trinajstić information content (AvgIpc) is 2.58. The molecular formula is C19H16ClNO2S. The Morgan fingerprint density at radius 1 is 1.17 bits per heavy atom. The van der Waals surface area contributed by atoms with E-state index in [9.17, 15) is 4.79 Å². The number of rotatable bonds is 5. The number of hydrogen-bond acceptors (Lipinski definition) is 4. The lowest BCUT2D eigenvalue weighted by atomic mass is 10.1. The zero-order valence-corrected chi connectivity index (χ0v) is 14.7. The molecule has 0 radical (unpaired) electrons. The number of fused-ring (bicyclic) bond motifs is 1. The molecule has 0 bridgehead atoms. The second-order valence-corrected chi connectivity index (χ2v) is 6.81. The van der Waals surface area contributed by atoms with Crippen LogP contribution in [0.4, 0.5) is 0 Å². The normalized spacial score (nSPS) is 10.8. The highest BCUT2D eigenvalue weighted by atomic mass is 35.5. The molecule has 0 saturated heterocycles. The van der Waals surface area contributed by atoms with Crippen LogP contribution < -0.4 is 0 Å². The van der Waals surface area contributed by atoms with E-state index >= 15 is 0 Å². The van der Waals surface area contributed by atoms with Gasteiger partial charge in [-0.25, -0.2) is 4.98 Å². The second kappa shape index (κ2) is 7.69. The summed E-state index contributed by atoms with van der Waals surface area (Å²) in [7, 11) is 0. The van der Waals surface area contributed by atoms with Gasteiger partial charge >= 0.3 is 5.97 Å². The molecule has 3 rings (SSSR count). The van der Waals surface area contributed by atoms with E-state index in [-0.39, 0.29) is 18.3 Å². The van der Waals surface area contributed by atoms with Crippen LogP contribution in [0.5, 0.6) is 0 Å². The standard InChI is InChI=1S/C19H16ClNO2S/c1-13-9-18(21-17-8-3-2-7-16(13)17)24-12-19(22)23-11-14-5-4-6-15(20)10-14/h2-10H,11-12H2,1H3. The van der Waals surface area contributed by atoms with Crippen LogP contribution in [-0.4, -0.2) is 16.7 Å². The monoisotopic (exact) mass is 357 g/mol. The van der Waals surface area contributed by atoms with Gasteiger partial charge in [-0.3, -0.25) is 4.79 Å². The number of aryl methyl sites for hydroxylation is 1. The molecule has 2 aromatic carbocycles. The number of thioether (sulfide) groups is 1. The van der Waals surface area contributed by atoms with Crippen molar-refractivity contribution >= 4 is 40.2 Å². The van der Waals surface area contributed by atoms with Gasteiger partial charge in [-0.1, -0.05) is 53.7 Å². The average molecular weight is 358 g/mol. The van der Waals surface area contributed by atoms with Gasteiger partial charge in [0.15, 0.2) is 0 Å². The maximum atomic E-state index is 11.9. The van der Waals surface area contributed by atoms with Crippen molar-refractivity contribution in [3.8, 4) is 0 Å². The molecule has 24 heavy (non-hydrogen) atoms. The predicted octanol–water partition coefficient (Wildman–Crippen LogP) is 5.03. The van der Waals surface area contributed by atoms with Gasteiger partial charge < -0.3 is 4.74 Å². The molecule has 3 nitrogen and oxygen atoms in total. The van der Waals surface area contributed by atoms with Crippen molar-refractivity contribution in [1.82, 2.24) is 4.98 Å². The first kappa shape index (κ1) is 16.8. The molecular weight excluding hydrogens is 342 g/mol. The van der Waals surface area contributed by atoms with Crippen LogP contribution in [0, 0.1) is 6.92 Å². The van der Waals surface area contributed by atoms with Gasteiger partial charge in [0.25, 0.3) is 0 Å². The molecule has 0 spiro atoms. The lowest BCUT2D eigenvalue weighted by Crippen LogP contribution is -2.07. The lowest BCUT2D eigenvalue weighted by molar-refractivity contribution is -0.141. The Kier molecular flexibility index (Phi) is 5.38. The van der Waals surface area contributed by atoms with E-state index in [4.69, 9.17) is 16.3 Å². The van der Waals surface area contributed by atoms with Gasteiger partial charge in [0.05, 0.1) is 16.3 Å². The van der Waals surface area contributed by atoms with Crippen molar-refractivity contribution in [3.05, 3.63) is 70.7 Å². The molecule has 1 aromatic heterocycles. The van der Waals surface area contributed by atoms with Crippen LogP contribution in [0.3, 0.4) is 0 Å². The molecule has 1 heterocycles. The molecule has 0 aliphatic heterocycles. The van der Waals surface area contributed by atoms with E-state index in [0.29, 0.717) is 5.02 Å². The van der Waals surface area contributed by atoms with Crippen LogP contribution in [0.1, 0.15) is 11.1 Å². The predicted molar refractivity (Wildman–Crippen MR) is 98.5 cm³/mol. The summed E-state index contributed by atoms with van der Waals surface area (Å²) < 4.78 is 5.28. The second-order valence-electron chi connectivity index (χ2n) is 5.37. The van der Waals surface area contributed by atoms with E-state index in [1.807, 2.05) is 49.4 Å². The molecule has 0 N–H and O–H groups in total. The first-order chi connectivity index (χ1) is 11.6. The number of pyridine rings is 1. The zero-order valence-electron chi connectivity index (χ0n) is 13.2. The number of halogens is 1. The highest BCUT2D eigenvalue weighted by molar-refractivity contribution is 7.99. The number of nitrogens with zero attached hydrogens (tertiary/aromatic N) is 1. The van der Waals surface area contributed by atoms with Crippen molar-refractivity contribution in [2.75, 3.05) is 5.75 Å². The topological polar surface area (TPSA) is 39.2 Å². The summed E-state index contributed by atoms with van der Waals surface area (Å²) in [6.45, 7) is 2.27. The van der Waals surface area contributed by atoms with Crippen LogP contribution in [0.2, 0.25) is 5.02 Å². The van der Waals surface area contributed by atoms with Gasteiger partial charge in [0.1, 0.15) is 6.61 Å². The van der Waals surface area contributed by atoms with Gasteiger partial charge in [-0.05, 0) is 42.3 Å². The Morgan fingerprint density at radius 3 is 2.83 bits per heavy atom. The third kappa shape index (κ3) is 4.28. The van der Waals surface area contributed by atoms with E-state index in [1.165, 1.54) is 11.8 Å². The molecule has 122 valence electrons. The Labute approximate surface area is 150 Å². The number of aromatic nitrogens is 1. The minimum atomic E-state index is -0.271. The van der Waals surface area contributed by atoms with E-state index < -0.39 is 0 Å². The maximum absolute atomic E-state index is 11.9. The third-order valence-electron chi connectivity index (χ3n) is 3.53. The minimum Gasteiger partial charge on any atom is -0.460 e. The van der Waals surface area contributed by atoms with Gasteiger partial charge in [0.2, 0.25) is 0 Å². The fourth-order valence-corrected chi connectivity index (χ4v) is 3.34. The summed E-state index contributed by atoms with van der Waals surface area (Å²) in [6.07, 6.45) is 0. The van der Waals surface area contributed by atoms with Crippen molar-refractivity contribution in [3.63, 3.8) is 0 Å². The zero-order chi connectivity index (χ0) is 16.9. The number of benzene rings is 2. The van der Waals surface area contributed by atoms with Crippen LogP contribution in [-0.2, 0) is 16.1 Å². The van der Waals surface area contributed by atoms with E-state index in [2.05, 4.69) is 4.98 Å². The molecule has 0 fully saturated rings. The number of para-hydroxylation sites is 1. The van der Waals surface area contributed by atoms with E-state index in [0.717, 1.165) is 27.1 Å². The number of carbonyl (C=O) groups excluding carboxylic acids is 1. The molecule has 0 aliphatic rings. The lowest BCUT2D eigenvalue weighted by Gasteiger charge is -2.07. The molecule has 3 aromatic rings. The number of ether oxygens (including phenoxy) is 1. The quantitative estimate of drug-likeness (QED) is 0.474. The van der Waals surface area contributed by atoms with Crippen LogP contribution >= 0.6 is 23.4 Å². The summed E-state index contributed by atoms with van der Waals surface area (Å²) >= 11 is 7.30. The SMILES string of the molecule is Cc1cc(SCC(=O)OCc2cccc(Cl)c2)nc2ccccc12. The van der Waals surface area contributed by atoms with Crippen LogP contribution in [0.15, 0.2) is 59.6 Å². The van der Waals surface area contributed by atoms with Crippen molar-refractivity contribution < 1.29 is 9.53 Å². The number of hydrogen-bond donors (Lipinski definition) is 0.